The molecule has 0 radical (unpaired) electrons. The van der Waals surface area contributed by atoms with Gasteiger partial charge in [0.15, 0.2) is 17.2 Å². The van der Waals surface area contributed by atoms with Crippen LogP contribution in [0.2, 0.25) is 0 Å². The van der Waals surface area contributed by atoms with Crippen molar-refractivity contribution in [2.24, 2.45) is 5.92 Å². The molecule has 1 aliphatic heterocycles. The van der Waals surface area contributed by atoms with E-state index in [2.05, 4.69) is 15.1 Å². The molecule has 0 N–H and O–H groups in total. The minimum absolute atomic E-state index is 0.0627. The largest absolute Gasteiger partial charge is 0.435 e. The van der Waals surface area contributed by atoms with Crippen molar-refractivity contribution in [2.45, 2.75) is 12.7 Å². The maximum atomic E-state index is 12.7. The maximum absolute atomic E-state index is 12.7. The van der Waals surface area contributed by atoms with Gasteiger partial charge in [0.25, 0.3) is 5.56 Å². The molecule has 0 spiro atoms. The number of rotatable bonds is 3. The fourth-order valence-electron chi connectivity index (χ4n) is 2.47. The van der Waals surface area contributed by atoms with Crippen LogP contribution in [0.4, 0.5) is 19.0 Å². The van der Waals surface area contributed by atoms with E-state index >= 15 is 0 Å². The fourth-order valence-corrected chi connectivity index (χ4v) is 2.47. The molecule has 7 nitrogen and oxygen atoms in total. The van der Waals surface area contributed by atoms with Gasteiger partial charge in [0.05, 0.1) is 6.54 Å². The SMILES string of the molecule is N#Cc1nccnc1N1CC(Cn2nc(C(F)(F)F)ccc2=O)C1. The average Bonchev–Trinajstić information content (AvgIpc) is 2.51. The average molecular weight is 336 g/mol. The summed E-state index contributed by atoms with van der Waals surface area (Å²) in [5, 5.41) is 12.4. The van der Waals surface area contributed by atoms with E-state index in [4.69, 9.17) is 5.26 Å². The van der Waals surface area contributed by atoms with Crippen molar-refractivity contribution in [2.75, 3.05) is 18.0 Å². The van der Waals surface area contributed by atoms with E-state index in [9.17, 15) is 18.0 Å². The van der Waals surface area contributed by atoms with Crippen molar-refractivity contribution in [3.8, 4) is 6.07 Å². The van der Waals surface area contributed by atoms with E-state index in [1.807, 2.05) is 6.07 Å². The molecular formula is C14H11F3N6O. The predicted octanol–water partition coefficient (Wildman–Crippen LogP) is 1.06. The number of aromatic nitrogens is 4. The van der Waals surface area contributed by atoms with Gasteiger partial charge in [-0.3, -0.25) is 4.79 Å². The molecule has 0 atom stereocenters. The van der Waals surface area contributed by atoms with E-state index in [0.717, 1.165) is 10.7 Å². The Bertz CT molecular complexity index is 851. The second-order valence-electron chi connectivity index (χ2n) is 5.35. The molecule has 24 heavy (non-hydrogen) atoms. The first-order valence-corrected chi connectivity index (χ1v) is 7.00. The van der Waals surface area contributed by atoms with Crippen LogP contribution in [0.1, 0.15) is 11.4 Å². The van der Waals surface area contributed by atoms with Gasteiger partial charge in [-0.1, -0.05) is 0 Å². The quantitative estimate of drug-likeness (QED) is 0.833. The minimum Gasteiger partial charge on any atom is -0.353 e. The second kappa shape index (κ2) is 5.92. The van der Waals surface area contributed by atoms with Gasteiger partial charge in [0.2, 0.25) is 0 Å². The van der Waals surface area contributed by atoms with E-state index in [-0.39, 0.29) is 18.2 Å². The molecule has 0 saturated carbocycles. The molecule has 0 amide bonds. The lowest BCUT2D eigenvalue weighted by Gasteiger charge is -2.40. The Kier molecular flexibility index (Phi) is 3.92. The standard InChI is InChI=1S/C14H11F3N6O/c15-14(16,17)11-1-2-12(24)23(21-11)8-9-6-22(7-9)13-10(5-18)19-3-4-20-13/h1-4,9H,6-8H2. The molecule has 1 aliphatic rings. The molecule has 3 heterocycles. The van der Waals surface area contributed by atoms with Gasteiger partial charge in [-0.25, -0.2) is 14.6 Å². The summed E-state index contributed by atoms with van der Waals surface area (Å²) >= 11 is 0. The zero-order valence-corrected chi connectivity index (χ0v) is 12.2. The summed E-state index contributed by atoms with van der Waals surface area (Å²) in [5.74, 6) is 0.368. The van der Waals surface area contributed by atoms with Gasteiger partial charge in [0.1, 0.15) is 6.07 Å². The van der Waals surface area contributed by atoms with Crippen LogP contribution >= 0.6 is 0 Å². The monoisotopic (exact) mass is 336 g/mol. The first-order valence-electron chi connectivity index (χ1n) is 7.00. The maximum Gasteiger partial charge on any atom is 0.435 e. The van der Waals surface area contributed by atoms with Gasteiger partial charge < -0.3 is 4.90 Å². The first kappa shape index (κ1) is 15.9. The zero-order valence-electron chi connectivity index (χ0n) is 12.2. The summed E-state index contributed by atoms with van der Waals surface area (Å²) in [7, 11) is 0. The van der Waals surface area contributed by atoms with E-state index < -0.39 is 17.4 Å². The highest BCUT2D eigenvalue weighted by Gasteiger charge is 2.34. The van der Waals surface area contributed by atoms with Gasteiger partial charge in [0, 0.05) is 37.5 Å². The number of alkyl halides is 3. The number of anilines is 1. The van der Waals surface area contributed by atoms with Crippen molar-refractivity contribution >= 4 is 5.82 Å². The third kappa shape index (κ3) is 3.05. The normalized spacial score (nSPS) is 15.0. The summed E-state index contributed by atoms with van der Waals surface area (Å²) in [4.78, 5) is 21.5. The van der Waals surface area contributed by atoms with Gasteiger partial charge in [-0.05, 0) is 6.07 Å². The second-order valence-corrected chi connectivity index (χ2v) is 5.35. The number of nitrogens with zero attached hydrogens (tertiary/aromatic N) is 6. The Labute approximate surface area is 134 Å². The van der Waals surface area contributed by atoms with Crippen LogP contribution in [0.15, 0.2) is 29.3 Å². The molecule has 0 bridgehead atoms. The summed E-state index contributed by atoms with van der Waals surface area (Å²) in [6.45, 7) is 0.983. The molecule has 2 aromatic heterocycles. The minimum atomic E-state index is -4.59. The summed E-state index contributed by atoms with van der Waals surface area (Å²) < 4.78 is 38.8. The van der Waals surface area contributed by atoms with Crippen LogP contribution < -0.4 is 10.5 Å². The lowest BCUT2D eigenvalue weighted by atomic mass is 10.00. The van der Waals surface area contributed by atoms with Crippen molar-refractivity contribution in [3.05, 3.63) is 46.3 Å². The Morgan fingerprint density at radius 3 is 2.62 bits per heavy atom. The molecule has 0 aliphatic carbocycles. The number of hydrogen-bond acceptors (Lipinski definition) is 6. The molecule has 1 saturated heterocycles. The smallest absolute Gasteiger partial charge is 0.353 e. The van der Waals surface area contributed by atoms with Crippen molar-refractivity contribution < 1.29 is 13.2 Å². The summed E-state index contributed by atoms with van der Waals surface area (Å²) in [5.41, 5.74) is -1.50. The Morgan fingerprint density at radius 1 is 1.25 bits per heavy atom. The molecule has 0 aromatic carbocycles. The molecule has 3 rings (SSSR count). The molecular weight excluding hydrogens is 325 g/mol. The molecule has 1 fully saturated rings. The van der Waals surface area contributed by atoms with E-state index in [1.165, 1.54) is 12.4 Å². The highest BCUT2D eigenvalue weighted by molar-refractivity contribution is 5.51. The number of halogens is 3. The zero-order chi connectivity index (χ0) is 17.3. The van der Waals surface area contributed by atoms with Crippen LogP contribution in [0.5, 0.6) is 0 Å². The van der Waals surface area contributed by atoms with Crippen molar-refractivity contribution in [1.29, 1.82) is 5.26 Å². The van der Waals surface area contributed by atoms with Crippen molar-refractivity contribution in [3.63, 3.8) is 0 Å². The van der Waals surface area contributed by atoms with Gasteiger partial charge in [-0.2, -0.15) is 23.5 Å². The third-order valence-electron chi connectivity index (χ3n) is 3.63. The Morgan fingerprint density at radius 2 is 1.96 bits per heavy atom. The molecule has 0 unspecified atom stereocenters. The van der Waals surface area contributed by atoms with E-state index in [0.29, 0.717) is 25.0 Å². The summed E-state index contributed by atoms with van der Waals surface area (Å²) in [6, 6.07) is 3.47. The number of nitriles is 1. The molecule has 124 valence electrons. The van der Waals surface area contributed by atoms with Crippen LogP contribution in [0.3, 0.4) is 0 Å². The van der Waals surface area contributed by atoms with Crippen LogP contribution in [-0.4, -0.2) is 32.8 Å². The van der Waals surface area contributed by atoms with Gasteiger partial charge in [-0.15, -0.1) is 0 Å². The Balaban J connectivity index is 1.70. The van der Waals surface area contributed by atoms with Crippen LogP contribution in [-0.2, 0) is 12.7 Å². The van der Waals surface area contributed by atoms with Crippen molar-refractivity contribution in [1.82, 2.24) is 19.7 Å². The fraction of sp³-hybridized carbons (Fsp3) is 0.357. The molecule has 2 aromatic rings. The van der Waals surface area contributed by atoms with Crippen LogP contribution in [0.25, 0.3) is 0 Å². The number of hydrogen-bond donors (Lipinski definition) is 0. The lowest BCUT2D eigenvalue weighted by Crippen LogP contribution is -2.50. The van der Waals surface area contributed by atoms with E-state index in [1.54, 1.807) is 4.90 Å². The lowest BCUT2D eigenvalue weighted by molar-refractivity contribution is -0.142. The topological polar surface area (TPSA) is 87.7 Å². The van der Waals surface area contributed by atoms with Crippen LogP contribution in [0, 0.1) is 17.2 Å². The molecule has 10 heteroatoms. The highest BCUT2D eigenvalue weighted by Crippen LogP contribution is 2.27. The summed E-state index contributed by atoms with van der Waals surface area (Å²) in [6.07, 6.45) is -1.73. The Hall–Kier alpha value is -2.96. The highest BCUT2D eigenvalue weighted by atomic mass is 19.4. The third-order valence-corrected chi connectivity index (χ3v) is 3.63. The van der Waals surface area contributed by atoms with Gasteiger partial charge >= 0.3 is 6.18 Å². The first-order chi connectivity index (χ1) is 11.4. The predicted molar refractivity (Wildman–Crippen MR) is 75.9 cm³/mol.